The summed E-state index contributed by atoms with van der Waals surface area (Å²) in [4.78, 5) is 16.5. The maximum Gasteiger partial charge on any atom is 0.244 e. The van der Waals surface area contributed by atoms with E-state index in [9.17, 15) is 4.79 Å². The van der Waals surface area contributed by atoms with Crippen molar-refractivity contribution in [3.63, 3.8) is 0 Å². The third-order valence-corrected chi connectivity index (χ3v) is 6.39. The molecule has 4 rings (SSSR count). The van der Waals surface area contributed by atoms with Gasteiger partial charge in [-0.1, -0.05) is 26.3 Å². The molecular weight excluding hydrogens is 280 g/mol. The summed E-state index contributed by atoms with van der Waals surface area (Å²) in [6.07, 6.45) is 6.96. The molecular formula is C17H24N2OS. The summed E-state index contributed by atoms with van der Waals surface area (Å²) in [5, 5.41) is 5.77. The third-order valence-electron chi connectivity index (χ3n) is 5.47. The highest BCUT2D eigenvalue weighted by Crippen LogP contribution is 2.50. The van der Waals surface area contributed by atoms with Crippen LogP contribution in [0.3, 0.4) is 0 Å². The number of carbonyl (C=O) groups is 1. The lowest BCUT2D eigenvalue weighted by molar-refractivity contribution is -0.134. The van der Waals surface area contributed by atoms with Gasteiger partial charge in [-0.25, -0.2) is 0 Å². The number of amides is 1. The topological polar surface area (TPSA) is 32.3 Å². The second kappa shape index (κ2) is 4.56. The van der Waals surface area contributed by atoms with Gasteiger partial charge in [0.2, 0.25) is 5.91 Å². The van der Waals surface area contributed by atoms with E-state index in [1.807, 2.05) is 0 Å². The quantitative estimate of drug-likeness (QED) is 0.904. The van der Waals surface area contributed by atoms with Crippen molar-refractivity contribution in [2.45, 2.75) is 70.1 Å². The Morgan fingerprint density at radius 2 is 2.14 bits per heavy atom. The Bertz CT molecular complexity index is 547. The smallest absolute Gasteiger partial charge is 0.244 e. The molecule has 3 nitrogen and oxygen atoms in total. The molecule has 2 aliphatic carbocycles. The summed E-state index contributed by atoms with van der Waals surface area (Å²) in [7, 11) is 0. The average molecular weight is 304 g/mol. The van der Waals surface area contributed by atoms with Crippen LogP contribution >= 0.6 is 11.3 Å². The fraction of sp³-hybridized carbons (Fsp3) is 0.706. The van der Waals surface area contributed by atoms with Crippen molar-refractivity contribution in [3.05, 3.63) is 22.4 Å². The van der Waals surface area contributed by atoms with E-state index in [0.29, 0.717) is 17.4 Å². The van der Waals surface area contributed by atoms with Gasteiger partial charge >= 0.3 is 0 Å². The standard InChI is InChI=1S/C17H24N2OS/c1-16(2)7-3-5-12(11-16)19-14(13-6-4-10-21-13)18-17(8-9-17)15(19)20/h4,6,10,12,14,18H,3,5,7-9,11H2,1-2H3. The van der Waals surface area contributed by atoms with Crippen LogP contribution in [-0.2, 0) is 4.79 Å². The second-order valence-corrected chi connectivity index (χ2v) is 8.75. The van der Waals surface area contributed by atoms with E-state index in [1.165, 1.54) is 17.7 Å². The van der Waals surface area contributed by atoms with Crippen molar-refractivity contribution in [1.29, 1.82) is 0 Å². The fourth-order valence-electron chi connectivity index (χ4n) is 4.17. The van der Waals surface area contributed by atoms with Crippen LogP contribution < -0.4 is 5.32 Å². The largest absolute Gasteiger partial charge is 0.317 e. The predicted molar refractivity (Wildman–Crippen MR) is 85.0 cm³/mol. The zero-order valence-corrected chi connectivity index (χ0v) is 13.7. The molecule has 1 saturated heterocycles. The second-order valence-electron chi connectivity index (χ2n) is 7.77. The Kier molecular flexibility index (Phi) is 2.99. The number of nitrogens with one attached hydrogen (secondary N) is 1. The number of carbonyl (C=O) groups excluding carboxylic acids is 1. The fourth-order valence-corrected chi connectivity index (χ4v) is 4.94. The molecule has 2 atom stereocenters. The van der Waals surface area contributed by atoms with Gasteiger partial charge in [-0.2, -0.15) is 0 Å². The van der Waals surface area contributed by atoms with Crippen LogP contribution in [0.4, 0.5) is 0 Å². The summed E-state index contributed by atoms with van der Waals surface area (Å²) < 4.78 is 0. The van der Waals surface area contributed by atoms with E-state index in [0.717, 1.165) is 25.7 Å². The molecule has 2 saturated carbocycles. The van der Waals surface area contributed by atoms with Gasteiger partial charge in [0.15, 0.2) is 0 Å². The molecule has 0 bridgehead atoms. The van der Waals surface area contributed by atoms with Gasteiger partial charge in [-0.3, -0.25) is 10.1 Å². The maximum atomic E-state index is 13.0. The lowest BCUT2D eigenvalue weighted by Gasteiger charge is -2.41. The minimum absolute atomic E-state index is 0.110. The van der Waals surface area contributed by atoms with Crippen molar-refractivity contribution in [2.75, 3.05) is 0 Å². The highest BCUT2D eigenvalue weighted by atomic mass is 32.1. The molecule has 1 aliphatic heterocycles. The zero-order chi connectivity index (χ0) is 14.7. The predicted octanol–water partition coefficient (Wildman–Crippen LogP) is 3.68. The first-order valence-electron chi connectivity index (χ1n) is 8.15. The van der Waals surface area contributed by atoms with E-state index >= 15 is 0 Å². The summed E-state index contributed by atoms with van der Waals surface area (Å²) in [5.74, 6) is 0.364. The number of nitrogens with zero attached hydrogens (tertiary/aromatic N) is 1. The summed E-state index contributed by atoms with van der Waals surface area (Å²) >= 11 is 1.76. The monoisotopic (exact) mass is 304 g/mol. The Labute approximate surface area is 130 Å². The molecule has 3 aliphatic rings. The van der Waals surface area contributed by atoms with Crippen molar-refractivity contribution in [1.82, 2.24) is 10.2 Å². The van der Waals surface area contributed by atoms with E-state index < -0.39 is 0 Å². The molecule has 2 heterocycles. The first-order valence-corrected chi connectivity index (χ1v) is 9.03. The highest BCUT2D eigenvalue weighted by molar-refractivity contribution is 7.10. The SMILES string of the molecule is CC1(C)CCCC(N2C(=O)C3(CC3)NC2c2cccs2)C1. The van der Waals surface area contributed by atoms with Crippen LogP contribution in [0.5, 0.6) is 0 Å². The van der Waals surface area contributed by atoms with Gasteiger partial charge in [0.25, 0.3) is 0 Å². The van der Waals surface area contributed by atoms with Gasteiger partial charge in [-0.05, 0) is 49.0 Å². The van der Waals surface area contributed by atoms with E-state index in [1.54, 1.807) is 11.3 Å². The molecule has 0 aromatic carbocycles. The molecule has 1 aromatic rings. The minimum atomic E-state index is -0.212. The van der Waals surface area contributed by atoms with Gasteiger partial charge in [0.05, 0.1) is 0 Å². The zero-order valence-electron chi connectivity index (χ0n) is 12.9. The van der Waals surface area contributed by atoms with Crippen LogP contribution in [0.15, 0.2) is 17.5 Å². The van der Waals surface area contributed by atoms with Crippen molar-refractivity contribution in [3.8, 4) is 0 Å². The Morgan fingerprint density at radius 3 is 2.76 bits per heavy atom. The molecule has 21 heavy (non-hydrogen) atoms. The summed E-state index contributed by atoms with van der Waals surface area (Å²) in [6.45, 7) is 4.69. The minimum Gasteiger partial charge on any atom is -0.317 e. The summed E-state index contributed by atoms with van der Waals surface area (Å²) in [6, 6.07) is 4.66. The molecule has 1 N–H and O–H groups in total. The molecule has 2 unspecified atom stereocenters. The molecule has 1 aromatic heterocycles. The van der Waals surface area contributed by atoms with Crippen molar-refractivity contribution < 1.29 is 4.79 Å². The normalized spacial score (nSPS) is 33.6. The number of thiophene rings is 1. The van der Waals surface area contributed by atoms with Gasteiger partial charge in [-0.15, -0.1) is 11.3 Å². The van der Waals surface area contributed by atoms with Gasteiger partial charge in [0, 0.05) is 10.9 Å². The van der Waals surface area contributed by atoms with Gasteiger partial charge in [0.1, 0.15) is 11.7 Å². The van der Waals surface area contributed by atoms with Crippen molar-refractivity contribution in [2.24, 2.45) is 5.41 Å². The summed E-state index contributed by atoms with van der Waals surface area (Å²) in [5.41, 5.74) is 0.152. The van der Waals surface area contributed by atoms with E-state index in [4.69, 9.17) is 0 Å². The van der Waals surface area contributed by atoms with Crippen molar-refractivity contribution >= 4 is 17.2 Å². The molecule has 1 amide bonds. The molecule has 0 radical (unpaired) electrons. The molecule has 4 heteroatoms. The number of hydrogen-bond acceptors (Lipinski definition) is 3. The first-order chi connectivity index (χ1) is 10.0. The van der Waals surface area contributed by atoms with E-state index in [2.05, 4.69) is 41.6 Å². The third kappa shape index (κ3) is 2.23. The van der Waals surface area contributed by atoms with Crippen LogP contribution in [0.25, 0.3) is 0 Å². The molecule has 114 valence electrons. The number of hydrogen-bond donors (Lipinski definition) is 1. The lowest BCUT2D eigenvalue weighted by atomic mass is 9.74. The highest BCUT2D eigenvalue weighted by Gasteiger charge is 2.61. The lowest BCUT2D eigenvalue weighted by Crippen LogP contribution is -2.44. The van der Waals surface area contributed by atoms with Crippen LogP contribution in [-0.4, -0.2) is 22.4 Å². The van der Waals surface area contributed by atoms with Crippen LogP contribution in [0.1, 0.15) is 63.4 Å². The van der Waals surface area contributed by atoms with Crippen LogP contribution in [0.2, 0.25) is 0 Å². The Hall–Kier alpha value is -0.870. The van der Waals surface area contributed by atoms with Gasteiger partial charge < -0.3 is 4.90 Å². The van der Waals surface area contributed by atoms with E-state index in [-0.39, 0.29) is 11.7 Å². The van der Waals surface area contributed by atoms with Crippen LogP contribution in [0, 0.1) is 5.41 Å². The first kappa shape index (κ1) is 13.8. The molecule has 3 fully saturated rings. The average Bonchev–Trinajstić information content (AvgIpc) is 2.90. The molecule has 1 spiro atoms. The number of rotatable bonds is 2. The maximum absolute atomic E-state index is 13.0. The Morgan fingerprint density at radius 1 is 1.33 bits per heavy atom. The Balaban J connectivity index is 1.65.